The number of nitrogens with two attached hydrogens (primary N) is 1. The molecule has 0 spiro atoms. The van der Waals surface area contributed by atoms with Crippen molar-refractivity contribution in [3.8, 4) is 5.75 Å². The van der Waals surface area contributed by atoms with E-state index < -0.39 is 6.67 Å². The van der Waals surface area contributed by atoms with Crippen LogP contribution in [0.2, 0.25) is 5.02 Å². The number of ether oxygens (including phenoxy) is 1. The zero-order valence-electron chi connectivity index (χ0n) is 8.47. The van der Waals surface area contributed by atoms with Crippen LogP contribution in [-0.2, 0) is 6.54 Å². The molecule has 0 radical (unpaired) electrons. The Morgan fingerprint density at radius 1 is 1.40 bits per heavy atom. The summed E-state index contributed by atoms with van der Waals surface area (Å²) in [5.74, 6) is 0.497. The molecule has 0 atom stereocenters. The predicted molar refractivity (Wildman–Crippen MR) is 57.8 cm³/mol. The van der Waals surface area contributed by atoms with Gasteiger partial charge in [-0.1, -0.05) is 17.7 Å². The molecule has 2 nitrogen and oxygen atoms in total. The van der Waals surface area contributed by atoms with Crippen LogP contribution in [0.5, 0.6) is 5.75 Å². The van der Waals surface area contributed by atoms with Crippen molar-refractivity contribution < 1.29 is 13.5 Å². The fourth-order valence-corrected chi connectivity index (χ4v) is 1.19. The third kappa shape index (κ3) is 4.95. The molecule has 0 aliphatic heterocycles. The lowest BCUT2D eigenvalue weighted by Crippen LogP contribution is -2.00. The standard InChI is InChI=1S/C9H11ClFNO.CH3F/c10-8-5-7(6-12)1-2-9(8)13-4-3-11;1-2/h1-2,5H,3-4,6,12H2;1H3. The van der Waals surface area contributed by atoms with Crippen molar-refractivity contribution in [2.24, 2.45) is 5.73 Å². The van der Waals surface area contributed by atoms with Crippen molar-refractivity contribution in [3.05, 3.63) is 28.8 Å². The number of halogens is 3. The van der Waals surface area contributed by atoms with Crippen LogP contribution in [0.1, 0.15) is 5.56 Å². The van der Waals surface area contributed by atoms with Gasteiger partial charge in [-0.3, -0.25) is 4.39 Å². The molecule has 0 unspecified atom stereocenters. The molecule has 0 aliphatic rings. The van der Waals surface area contributed by atoms with Crippen LogP contribution in [0.25, 0.3) is 0 Å². The molecule has 0 aliphatic carbocycles. The van der Waals surface area contributed by atoms with Gasteiger partial charge in [-0.05, 0) is 17.7 Å². The first-order chi connectivity index (χ1) is 7.27. The molecule has 0 saturated heterocycles. The van der Waals surface area contributed by atoms with E-state index in [4.69, 9.17) is 22.1 Å². The Morgan fingerprint density at radius 3 is 2.53 bits per heavy atom. The first kappa shape index (κ1) is 14.1. The average Bonchev–Trinajstić information content (AvgIpc) is 2.30. The summed E-state index contributed by atoms with van der Waals surface area (Å²) >= 11 is 5.84. The minimum Gasteiger partial charge on any atom is -0.489 e. The minimum absolute atomic E-state index is 0.0295. The molecule has 5 heteroatoms. The zero-order valence-corrected chi connectivity index (χ0v) is 9.23. The van der Waals surface area contributed by atoms with Gasteiger partial charge in [-0.2, -0.15) is 0 Å². The van der Waals surface area contributed by atoms with E-state index in [9.17, 15) is 8.78 Å². The maximum absolute atomic E-state index is 11.8. The summed E-state index contributed by atoms with van der Waals surface area (Å²) in [5.41, 5.74) is 6.34. The first-order valence-corrected chi connectivity index (χ1v) is 4.70. The molecule has 0 saturated carbocycles. The van der Waals surface area contributed by atoms with Gasteiger partial charge in [0.25, 0.3) is 0 Å². The van der Waals surface area contributed by atoms with Gasteiger partial charge < -0.3 is 10.5 Å². The quantitative estimate of drug-likeness (QED) is 0.874. The lowest BCUT2D eigenvalue weighted by Gasteiger charge is -2.06. The van der Waals surface area contributed by atoms with E-state index in [-0.39, 0.29) is 6.61 Å². The van der Waals surface area contributed by atoms with Gasteiger partial charge >= 0.3 is 0 Å². The average molecular weight is 238 g/mol. The van der Waals surface area contributed by atoms with Crippen LogP contribution in [0.15, 0.2) is 18.2 Å². The Hall–Kier alpha value is -0.870. The number of alkyl halides is 2. The zero-order chi connectivity index (χ0) is 11.7. The molecule has 0 bridgehead atoms. The Bertz CT molecular complexity index is 284. The summed E-state index contributed by atoms with van der Waals surface area (Å²) in [7, 11) is 0.500. The lowest BCUT2D eigenvalue weighted by atomic mass is 10.2. The second-order valence-corrected chi connectivity index (χ2v) is 2.91. The highest BCUT2D eigenvalue weighted by Crippen LogP contribution is 2.25. The van der Waals surface area contributed by atoms with E-state index in [0.29, 0.717) is 24.5 Å². The summed E-state index contributed by atoms with van der Waals surface area (Å²) in [5, 5.41) is 0.469. The van der Waals surface area contributed by atoms with Crippen molar-refractivity contribution in [2.75, 3.05) is 20.5 Å². The Labute approximate surface area is 93.0 Å². The van der Waals surface area contributed by atoms with Crippen LogP contribution < -0.4 is 10.5 Å². The van der Waals surface area contributed by atoms with Crippen molar-refractivity contribution in [3.63, 3.8) is 0 Å². The predicted octanol–water partition coefficient (Wildman–Crippen LogP) is 2.73. The summed E-state index contributed by atoms with van der Waals surface area (Å²) in [6.07, 6.45) is 0. The van der Waals surface area contributed by atoms with Crippen molar-refractivity contribution in [2.45, 2.75) is 6.54 Å². The highest BCUT2D eigenvalue weighted by atomic mass is 35.5. The molecule has 1 aromatic rings. The molecule has 0 aromatic heterocycles. The first-order valence-electron chi connectivity index (χ1n) is 4.33. The van der Waals surface area contributed by atoms with E-state index >= 15 is 0 Å². The normalized spacial score (nSPS) is 9.13. The number of hydrogen-bond acceptors (Lipinski definition) is 2. The fourth-order valence-electron chi connectivity index (χ4n) is 0.937. The molecule has 15 heavy (non-hydrogen) atoms. The van der Waals surface area contributed by atoms with E-state index in [1.807, 2.05) is 0 Å². The largest absolute Gasteiger partial charge is 0.489 e. The molecule has 1 rings (SSSR count). The van der Waals surface area contributed by atoms with E-state index in [1.54, 1.807) is 18.2 Å². The van der Waals surface area contributed by atoms with Crippen LogP contribution in [0, 0.1) is 0 Å². The van der Waals surface area contributed by atoms with Crippen LogP contribution >= 0.6 is 11.6 Å². The Morgan fingerprint density at radius 2 is 2.07 bits per heavy atom. The van der Waals surface area contributed by atoms with Crippen molar-refractivity contribution in [1.82, 2.24) is 0 Å². The van der Waals surface area contributed by atoms with E-state index in [0.717, 1.165) is 5.56 Å². The maximum atomic E-state index is 11.8. The second-order valence-electron chi connectivity index (χ2n) is 2.51. The van der Waals surface area contributed by atoms with Gasteiger partial charge in [-0.25, -0.2) is 4.39 Å². The summed E-state index contributed by atoms with van der Waals surface area (Å²) in [4.78, 5) is 0. The third-order valence-corrected chi connectivity index (χ3v) is 1.86. The Kier molecular flexibility index (Phi) is 7.95. The molecule has 1 aromatic carbocycles. The molecule has 0 heterocycles. The summed E-state index contributed by atoms with van der Waals surface area (Å²) in [6.45, 7) is -0.0558. The van der Waals surface area contributed by atoms with Gasteiger partial charge in [0.1, 0.15) is 19.0 Å². The fraction of sp³-hybridized carbons (Fsp3) is 0.400. The van der Waals surface area contributed by atoms with Crippen LogP contribution in [-0.4, -0.2) is 20.5 Å². The minimum atomic E-state index is -0.519. The van der Waals surface area contributed by atoms with Gasteiger partial charge in [0.15, 0.2) is 0 Å². The van der Waals surface area contributed by atoms with Crippen molar-refractivity contribution in [1.29, 1.82) is 0 Å². The van der Waals surface area contributed by atoms with E-state index in [1.165, 1.54) is 0 Å². The molecule has 2 N–H and O–H groups in total. The van der Waals surface area contributed by atoms with Gasteiger partial charge in [-0.15, -0.1) is 0 Å². The number of rotatable bonds is 4. The highest BCUT2D eigenvalue weighted by Gasteiger charge is 2.01. The van der Waals surface area contributed by atoms with Gasteiger partial charge in [0.2, 0.25) is 0 Å². The number of benzene rings is 1. The summed E-state index contributed by atoms with van der Waals surface area (Å²) in [6, 6.07) is 5.22. The van der Waals surface area contributed by atoms with Gasteiger partial charge in [0, 0.05) is 6.54 Å². The maximum Gasteiger partial charge on any atom is 0.138 e. The monoisotopic (exact) mass is 237 g/mol. The van der Waals surface area contributed by atoms with Crippen LogP contribution in [0.3, 0.4) is 0 Å². The van der Waals surface area contributed by atoms with Crippen molar-refractivity contribution >= 4 is 11.6 Å². The third-order valence-electron chi connectivity index (χ3n) is 1.57. The number of hydrogen-bond donors (Lipinski definition) is 1. The highest BCUT2D eigenvalue weighted by molar-refractivity contribution is 6.32. The Balaban J connectivity index is 0.000000921. The smallest absolute Gasteiger partial charge is 0.138 e. The SMILES string of the molecule is CF.NCc1ccc(OCCF)c(Cl)c1. The topological polar surface area (TPSA) is 35.2 Å². The molecule has 0 amide bonds. The van der Waals surface area contributed by atoms with Gasteiger partial charge in [0.05, 0.1) is 12.2 Å². The van der Waals surface area contributed by atoms with Crippen LogP contribution in [0.4, 0.5) is 8.78 Å². The molecular weight excluding hydrogens is 224 g/mol. The molecule has 0 fully saturated rings. The second kappa shape index (κ2) is 8.44. The summed E-state index contributed by atoms with van der Waals surface area (Å²) < 4.78 is 26.3. The molecule has 86 valence electrons. The lowest BCUT2D eigenvalue weighted by molar-refractivity contribution is 0.273. The van der Waals surface area contributed by atoms with E-state index in [2.05, 4.69) is 0 Å². The molecular formula is C10H14ClF2NO.